The Hall–Kier alpha value is -1.94. The molecule has 0 unspecified atom stereocenters. The van der Waals surface area contributed by atoms with Crippen LogP contribution in [0.5, 0.6) is 0 Å². The van der Waals surface area contributed by atoms with Gasteiger partial charge >= 0.3 is 0 Å². The normalized spacial score (nSPS) is 14.0. The van der Waals surface area contributed by atoms with Crippen LogP contribution in [0.15, 0.2) is 24.3 Å². The van der Waals surface area contributed by atoms with Gasteiger partial charge in [-0.05, 0) is 12.5 Å². The van der Waals surface area contributed by atoms with Gasteiger partial charge in [0, 0.05) is 24.6 Å². The van der Waals surface area contributed by atoms with Crippen molar-refractivity contribution in [2.45, 2.75) is 20.0 Å². The maximum Gasteiger partial charge on any atom is 0.162 e. The predicted octanol–water partition coefficient (Wildman–Crippen LogP) is 2.57. The number of hydrogen-bond donors (Lipinski definition) is 1. The summed E-state index contributed by atoms with van der Waals surface area (Å²) in [5.41, 5.74) is 4.47. The average Bonchev–Trinajstić information content (AvgIpc) is 2.46. The first-order valence-electron chi connectivity index (χ1n) is 6.51. The van der Waals surface area contributed by atoms with Crippen molar-refractivity contribution >= 4 is 5.82 Å². The molecular weight excluding hydrogens is 238 g/mol. The predicted molar refractivity (Wildman–Crippen MR) is 75.1 cm³/mol. The Morgan fingerprint density at radius 3 is 2.84 bits per heavy atom. The summed E-state index contributed by atoms with van der Waals surface area (Å²) in [6.45, 7) is 3.42. The maximum absolute atomic E-state index is 5.49. The summed E-state index contributed by atoms with van der Waals surface area (Å²) >= 11 is 0. The molecule has 0 saturated carbocycles. The van der Waals surface area contributed by atoms with Crippen molar-refractivity contribution in [3.8, 4) is 11.4 Å². The highest BCUT2D eigenvalue weighted by Crippen LogP contribution is 2.27. The van der Waals surface area contributed by atoms with Crippen LogP contribution in [0, 0.1) is 6.92 Å². The Bertz CT molecular complexity index is 593. The largest absolute Gasteiger partial charge is 0.376 e. The first-order chi connectivity index (χ1) is 9.29. The number of hydrogen-bond acceptors (Lipinski definition) is 4. The lowest BCUT2D eigenvalue weighted by Crippen LogP contribution is -2.16. The average molecular weight is 255 g/mol. The van der Waals surface area contributed by atoms with E-state index in [1.807, 2.05) is 19.2 Å². The molecule has 2 heterocycles. The highest BCUT2D eigenvalue weighted by Gasteiger charge is 2.18. The maximum atomic E-state index is 5.49. The molecule has 0 spiro atoms. The van der Waals surface area contributed by atoms with E-state index in [-0.39, 0.29) is 0 Å². The van der Waals surface area contributed by atoms with Gasteiger partial charge in [-0.2, -0.15) is 0 Å². The Labute approximate surface area is 112 Å². The van der Waals surface area contributed by atoms with Crippen LogP contribution in [0.25, 0.3) is 11.4 Å². The molecule has 98 valence electrons. The zero-order valence-corrected chi connectivity index (χ0v) is 11.2. The van der Waals surface area contributed by atoms with E-state index in [0.717, 1.165) is 41.5 Å². The number of aryl methyl sites for hydroxylation is 1. The second-order valence-electron chi connectivity index (χ2n) is 4.69. The molecule has 19 heavy (non-hydrogen) atoms. The molecule has 0 saturated heterocycles. The van der Waals surface area contributed by atoms with Crippen LogP contribution < -0.4 is 5.32 Å². The number of nitrogens with one attached hydrogen (secondary N) is 1. The van der Waals surface area contributed by atoms with Crippen molar-refractivity contribution in [2.24, 2.45) is 0 Å². The quantitative estimate of drug-likeness (QED) is 0.896. The van der Waals surface area contributed by atoms with Gasteiger partial charge in [0.1, 0.15) is 5.82 Å². The first-order valence-corrected chi connectivity index (χ1v) is 6.51. The fourth-order valence-electron chi connectivity index (χ4n) is 2.38. The van der Waals surface area contributed by atoms with Gasteiger partial charge in [0.15, 0.2) is 5.82 Å². The zero-order valence-electron chi connectivity index (χ0n) is 11.2. The van der Waals surface area contributed by atoms with Gasteiger partial charge in [0.25, 0.3) is 0 Å². The van der Waals surface area contributed by atoms with E-state index < -0.39 is 0 Å². The van der Waals surface area contributed by atoms with E-state index >= 15 is 0 Å². The van der Waals surface area contributed by atoms with Crippen molar-refractivity contribution in [1.29, 1.82) is 0 Å². The minimum Gasteiger partial charge on any atom is -0.376 e. The molecule has 2 aromatic rings. The van der Waals surface area contributed by atoms with Crippen molar-refractivity contribution in [1.82, 2.24) is 9.97 Å². The molecular formula is C15H17N3O. The number of rotatable bonds is 2. The number of aromatic nitrogens is 2. The number of anilines is 1. The standard InChI is InChI=1S/C15H17N3O/c1-10-5-3-4-6-11(10)15-17-13-7-8-19-9-12(13)14(16-2)18-15/h3-6H,7-9H2,1-2H3,(H,16,17,18). The Kier molecular flexibility index (Phi) is 3.17. The molecule has 0 atom stereocenters. The van der Waals surface area contributed by atoms with Crippen molar-refractivity contribution in [3.05, 3.63) is 41.1 Å². The van der Waals surface area contributed by atoms with Crippen LogP contribution in [0.1, 0.15) is 16.8 Å². The molecule has 1 aromatic carbocycles. The van der Waals surface area contributed by atoms with E-state index in [1.54, 1.807) is 0 Å². The monoisotopic (exact) mass is 255 g/mol. The zero-order chi connectivity index (χ0) is 13.2. The van der Waals surface area contributed by atoms with E-state index in [9.17, 15) is 0 Å². The summed E-state index contributed by atoms with van der Waals surface area (Å²) in [5.74, 6) is 1.67. The van der Waals surface area contributed by atoms with Crippen LogP contribution in [0.3, 0.4) is 0 Å². The number of benzene rings is 1. The SMILES string of the molecule is CNc1nc(-c2ccccc2C)nc2c1COCC2. The van der Waals surface area contributed by atoms with Crippen LogP contribution in [-0.2, 0) is 17.8 Å². The summed E-state index contributed by atoms with van der Waals surface area (Å²) in [7, 11) is 1.89. The highest BCUT2D eigenvalue weighted by atomic mass is 16.5. The summed E-state index contributed by atoms with van der Waals surface area (Å²) < 4.78 is 5.49. The third-order valence-electron chi connectivity index (χ3n) is 3.45. The Morgan fingerprint density at radius 1 is 1.21 bits per heavy atom. The lowest BCUT2D eigenvalue weighted by Gasteiger charge is -2.19. The third kappa shape index (κ3) is 2.19. The second kappa shape index (κ2) is 4.97. The summed E-state index contributed by atoms with van der Waals surface area (Å²) in [6, 6.07) is 8.20. The minimum atomic E-state index is 0.597. The molecule has 3 rings (SSSR count). The lowest BCUT2D eigenvalue weighted by molar-refractivity contribution is 0.109. The van der Waals surface area contributed by atoms with Crippen LogP contribution in [-0.4, -0.2) is 23.6 Å². The summed E-state index contributed by atoms with van der Waals surface area (Å²) in [5, 5.41) is 3.15. The van der Waals surface area contributed by atoms with E-state index in [2.05, 4.69) is 29.4 Å². The smallest absolute Gasteiger partial charge is 0.162 e. The van der Waals surface area contributed by atoms with E-state index in [0.29, 0.717) is 6.61 Å². The first kappa shape index (κ1) is 12.1. The van der Waals surface area contributed by atoms with Crippen LogP contribution >= 0.6 is 0 Å². The number of fused-ring (bicyclic) bond motifs is 1. The fourth-order valence-corrected chi connectivity index (χ4v) is 2.38. The van der Waals surface area contributed by atoms with E-state index in [1.165, 1.54) is 5.56 Å². The molecule has 1 aliphatic heterocycles. The number of ether oxygens (including phenoxy) is 1. The molecule has 1 N–H and O–H groups in total. The topological polar surface area (TPSA) is 47.0 Å². The van der Waals surface area contributed by atoms with Crippen LogP contribution in [0.4, 0.5) is 5.82 Å². The lowest BCUT2D eigenvalue weighted by atomic mass is 10.1. The Balaban J connectivity index is 2.15. The summed E-state index contributed by atoms with van der Waals surface area (Å²) in [4.78, 5) is 9.36. The second-order valence-corrected chi connectivity index (χ2v) is 4.69. The molecule has 0 radical (unpaired) electrons. The molecule has 0 amide bonds. The van der Waals surface area contributed by atoms with Crippen molar-refractivity contribution in [2.75, 3.05) is 19.0 Å². The third-order valence-corrected chi connectivity index (χ3v) is 3.45. The van der Waals surface area contributed by atoms with Gasteiger partial charge in [-0.15, -0.1) is 0 Å². The molecule has 0 aliphatic carbocycles. The molecule has 4 nitrogen and oxygen atoms in total. The van der Waals surface area contributed by atoms with Crippen molar-refractivity contribution < 1.29 is 4.74 Å². The Morgan fingerprint density at radius 2 is 2.05 bits per heavy atom. The molecule has 1 aliphatic rings. The summed E-state index contributed by atoms with van der Waals surface area (Å²) in [6.07, 6.45) is 0.853. The van der Waals surface area contributed by atoms with Crippen molar-refractivity contribution in [3.63, 3.8) is 0 Å². The molecule has 0 fully saturated rings. The number of nitrogens with zero attached hydrogens (tertiary/aromatic N) is 2. The molecule has 4 heteroatoms. The van der Waals surface area contributed by atoms with Gasteiger partial charge in [-0.3, -0.25) is 0 Å². The van der Waals surface area contributed by atoms with Crippen LogP contribution in [0.2, 0.25) is 0 Å². The van der Waals surface area contributed by atoms with Gasteiger partial charge < -0.3 is 10.1 Å². The highest BCUT2D eigenvalue weighted by molar-refractivity contribution is 5.63. The van der Waals surface area contributed by atoms with Gasteiger partial charge in [-0.1, -0.05) is 24.3 Å². The van der Waals surface area contributed by atoms with Gasteiger partial charge in [0.2, 0.25) is 0 Å². The molecule has 0 bridgehead atoms. The van der Waals surface area contributed by atoms with E-state index in [4.69, 9.17) is 9.72 Å². The molecule has 1 aromatic heterocycles. The van der Waals surface area contributed by atoms with Gasteiger partial charge in [0.05, 0.1) is 18.9 Å². The van der Waals surface area contributed by atoms with Gasteiger partial charge in [-0.25, -0.2) is 9.97 Å². The fraction of sp³-hybridized carbons (Fsp3) is 0.333. The minimum absolute atomic E-state index is 0.597.